The number of aliphatic hydroxyl groups excluding tert-OH is 1. The average molecular weight is 864 g/mol. The van der Waals surface area contributed by atoms with E-state index in [4.69, 9.17) is 9.47 Å². The van der Waals surface area contributed by atoms with Gasteiger partial charge in [0.05, 0.1) is 12.5 Å². The largest absolute Gasteiger partial charge is 0.465 e. The number of ketones is 1. The highest BCUT2D eigenvalue weighted by atomic mass is 16.5. The Kier molecular flexibility index (Phi) is 49.2. The molecule has 2 unspecified atom stereocenters. The van der Waals surface area contributed by atoms with Crippen LogP contribution in [0.3, 0.4) is 0 Å². The Bertz CT molecular complexity index is 882. The molecule has 2 atom stereocenters. The number of hydrogen-bond acceptors (Lipinski definition) is 6. The fourth-order valence-corrected chi connectivity index (χ4v) is 8.93. The molecule has 0 spiro atoms. The standard InChI is InChI=1S/C55H109NO5/c1-5-9-13-17-25-33-42-52(41-31-15-11-7-3)54(58)51-60-49-39-29-23-19-21-27-35-45-56(47-37-38-48-57)46-36-28-22-20-24-30-40-50-61-55(59)53(43-32-16-12-8-4)44-34-26-18-14-10-6-2/h52-53,57H,5-51H2,1-4H3. The molecule has 0 aliphatic carbocycles. The van der Waals surface area contributed by atoms with Crippen LogP contribution >= 0.6 is 0 Å². The summed E-state index contributed by atoms with van der Waals surface area (Å²) in [6.45, 7) is 14.4. The molecule has 6 heteroatoms. The average Bonchev–Trinajstić information content (AvgIpc) is 3.26. The highest BCUT2D eigenvalue weighted by Gasteiger charge is 2.20. The third-order valence-electron chi connectivity index (χ3n) is 13.2. The van der Waals surface area contributed by atoms with Gasteiger partial charge in [0.15, 0.2) is 5.78 Å². The van der Waals surface area contributed by atoms with Crippen LogP contribution < -0.4 is 0 Å². The first kappa shape index (κ1) is 60.0. The van der Waals surface area contributed by atoms with Crippen molar-refractivity contribution in [3.05, 3.63) is 0 Å². The van der Waals surface area contributed by atoms with Crippen molar-refractivity contribution < 1.29 is 24.2 Å². The van der Waals surface area contributed by atoms with Gasteiger partial charge in [-0.2, -0.15) is 0 Å². The van der Waals surface area contributed by atoms with E-state index in [0.29, 0.717) is 25.6 Å². The molecular formula is C55H109NO5. The molecule has 0 saturated carbocycles. The molecule has 0 aromatic rings. The summed E-state index contributed by atoms with van der Waals surface area (Å²) in [5.74, 6) is 0.752. The van der Waals surface area contributed by atoms with Crippen molar-refractivity contribution in [2.75, 3.05) is 46.1 Å². The Labute approximate surface area is 382 Å². The van der Waals surface area contributed by atoms with Gasteiger partial charge < -0.3 is 19.5 Å². The van der Waals surface area contributed by atoms with Gasteiger partial charge in [0.1, 0.15) is 6.61 Å². The van der Waals surface area contributed by atoms with E-state index in [2.05, 4.69) is 32.6 Å². The molecule has 0 aromatic heterocycles. The summed E-state index contributed by atoms with van der Waals surface area (Å²) >= 11 is 0. The molecule has 0 fully saturated rings. The smallest absolute Gasteiger partial charge is 0.308 e. The van der Waals surface area contributed by atoms with Crippen LogP contribution in [-0.2, 0) is 19.1 Å². The minimum Gasteiger partial charge on any atom is -0.465 e. The van der Waals surface area contributed by atoms with Crippen molar-refractivity contribution in [2.45, 2.75) is 285 Å². The number of hydrogen-bond donors (Lipinski definition) is 1. The normalized spacial score (nSPS) is 12.7. The van der Waals surface area contributed by atoms with Crippen molar-refractivity contribution in [3.8, 4) is 0 Å². The third-order valence-corrected chi connectivity index (χ3v) is 13.2. The third kappa shape index (κ3) is 42.7. The summed E-state index contributed by atoms with van der Waals surface area (Å²) < 4.78 is 11.7. The second kappa shape index (κ2) is 50.0. The van der Waals surface area contributed by atoms with Gasteiger partial charge in [-0.25, -0.2) is 0 Å². The lowest BCUT2D eigenvalue weighted by atomic mass is 9.91. The van der Waals surface area contributed by atoms with Crippen LogP contribution in [0, 0.1) is 11.8 Å². The Hall–Kier alpha value is -0.980. The Morgan fingerprint density at radius 1 is 0.393 bits per heavy atom. The molecule has 0 aliphatic heterocycles. The van der Waals surface area contributed by atoms with Gasteiger partial charge >= 0.3 is 5.97 Å². The number of carbonyl (C=O) groups excluding carboxylic acids is 2. The van der Waals surface area contributed by atoms with Crippen molar-refractivity contribution in [1.82, 2.24) is 4.90 Å². The highest BCUT2D eigenvalue weighted by Crippen LogP contribution is 2.22. The van der Waals surface area contributed by atoms with Crippen molar-refractivity contribution >= 4 is 11.8 Å². The van der Waals surface area contributed by atoms with Crippen molar-refractivity contribution in [3.63, 3.8) is 0 Å². The molecule has 0 heterocycles. The van der Waals surface area contributed by atoms with Gasteiger partial charge in [0.2, 0.25) is 0 Å². The fourth-order valence-electron chi connectivity index (χ4n) is 8.93. The van der Waals surface area contributed by atoms with Gasteiger partial charge in [0.25, 0.3) is 0 Å². The van der Waals surface area contributed by atoms with Crippen LogP contribution in [0.2, 0.25) is 0 Å². The van der Waals surface area contributed by atoms with E-state index in [-0.39, 0.29) is 17.8 Å². The first-order valence-corrected chi connectivity index (χ1v) is 27.6. The highest BCUT2D eigenvalue weighted by molar-refractivity contribution is 5.82. The van der Waals surface area contributed by atoms with E-state index in [9.17, 15) is 14.7 Å². The Morgan fingerprint density at radius 2 is 0.721 bits per heavy atom. The molecule has 0 amide bonds. The number of esters is 1. The number of nitrogens with zero attached hydrogens (tertiary/aromatic N) is 1. The van der Waals surface area contributed by atoms with Gasteiger partial charge in [-0.05, 0) is 83.8 Å². The van der Waals surface area contributed by atoms with Crippen molar-refractivity contribution in [1.29, 1.82) is 0 Å². The van der Waals surface area contributed by atoms with E-state index >= 15 is 0 Å². The molecule has 0 aliphatic rings. The van der Waals surface area contributed by atoms with Crippen LogP contribution in [0.4, 0.5) is 0 Å². The van der Waals surface area contributed by atoms with Crippen LogP contribution in [0.15, 0.2) is 0 Å². The van der Waals surface area contributed by atoms with Crippen LogP contribution in [0.1, 0.15) is 285 Å². The topological polar surface area (TPSA) is 76.1 Å². The monoisotopic (exact) mass is 864 g/mol. The zero-order valence-corrected chi connectivity index (χ0v) is 41.9. The molecule has 0 aromatic carbocycles. The van der Waals surface area contributed by atoms with E-state index in [0.717, 1.165) is 77.4 Å². The number of unbranched alkanes of at least 4 members (excludes halogenated alkanes) is 29. The van der Waals surface area contributed by atoms with E-state index in [1.807, 2.05) is 0 Å². The molecule has 1 N–H and O–H groups in total. The number of ether oxygens (including phenoxy) is 2. The van der Waals surface area contributed by atoms with Crippen molar-refractivity contribution in [2.24, 2.45) is 11.8 Å². The maximum absolute atomic E-state index is 13.0. The molecule has 61 heavy (non-hydrogen) atoms. The lowest BCUT2D eigenvalue weighted by molar-refractivity contribution is -0.149. The van der Waals surface area contributed by atoms with Crippen LogP contribution in [0.5, 0.6) is 0 Å². The summed E-state index contributed by atoms with van der Waals surface area (Å²) in [5.41, 5.74) is 0. The summed E-state index contributed by atoms with van der Waals surface area (Å²) in [7, 11) is 0. The maximum Gasteiger partial charge on any atom is 0.308 e. The van der Waals surface area contributed by atoms with Gasteiger partial charge in [0, 0.05) is 19.1 Å². The number of carbonyl (C=O) groups is 2. The predicted octanol–water partition coefficient (Wildman–Crippen LogP) is 16.3. The lowest BCUT2D eigenvalue weighted by Crippen LogP contribution is -2.27. The van der Waals surface area contributed by atoms with Gasteiger partial charge in [-0.15, -0.1) is 0 Å². The first-order chi connectivity index (χ1) is 30.0. The molecule has 0 rings (SSSR count). The first-order valence-electron chi connectivity index (χ1n) is 27.6. The minimum atomic E-state index is 0.0749. The number of aliphatic hydroxyl groups is 1. The molecule has 0 bridgehead atoms. The molecule has 6 nitrogen and oxygen atoms in total. The summed E-state index contributed by atoms with van der Waals surface area (Å²) in [4.78, 5) is 28.6. The minimum absolute atomic E-state index is 0.0749. The second-order valence-electron chi connectivity index (χ2n) is 19.1. The summed E-state index contributed by atoms with van der Waals surface area (Å²) in [6, 6.07) is 0. The Morgan fingerprint density at radius 3 is 1.15 bits per heavy atom. The number of rotatable bonds is 52. The zero-order valence-electron chi connectivity index (χ0n) is 41.9. The van der Waals surface area contributed by atoms with E-state index in [1.165, 1.54) is 206 Å². The van der Waals surface area contributed by atoms with E-state index in [1.54, 1.807) is 0 Å². The Balaban J connectivity index is 4.10. The fraction of sp³-hybridized carbons (Fsp3) is 0.964. The summed E-state index contributed by atoms with van der Waals surface area (Å²) in [5, 5.41) is 9.33. The quantitative estimate of drug-likeness (QED) is 0.0485. The molecule has 364 valence electrons. The van der Waals surface area contributed by atoms with E-state index < -0.39 is 0 Å². The van der Waals surface area contributed by atoms with Crippen LogP contribution in [-0.4, -0.2) is 67.8 Å². The molecule has 0 radical (unpaired) electrons. The van der Waals surface area contributed by atoms with Gasteiger partial charge in [-0.1, -0.05) is 220 Å². The molecule has 0 saturated heterocycles. The number of Topliss-reactive ketones (excluding diaryl/α,β-unsaturated/α-hetero) is 1. The van der Waals surface area contributed by atoms with Gasteiger partial charge in [-0.3, -0.25) is 9.59 Å². The second-order valence-corrected chi connectivity index (χ2v) is 19.1. The van der Waals surface area contributed by atoms with Crippen LogP contribution in [0.25, 0.3) is 0 Å². The molecular weight excluding hydrogens is 755 g/mol. The SMILES string of the molecule is CCCCCCCCC(CCCCCC)C(=O)COCCCCCCCCCN(CCCCO)CCCCCCCCCOC(=O)C(CCCCCC)CCCCCCCC. The lowest BCUT2D eigenvalue weighted by Gasteiger charge is -2.22. The maximum atomic E-state index is 13.0. The predicted molar refractivity (Wildman–Crippen MR) is 265 cm³/mol. The zero-order chi connectivity index (χ0) is 44.5. The summed E-state index contributed by atoms with van der Waals surface area (Å²) in [6.07, 6.45) is 48.6.